The molecule has 0 radical (unpaired) electrons. The van der Waals surface area contributed by atoms with Crippen molar-refractivity contribution in [3.05, 3.63) is 0 Å². The summed E-state index contributed by atoms with van der Waals surface area (Å²) < 4.78 is 0. The van der Waals surface area contributed by atoms with Gasteiger partial charge in [-0.1, -0.05) is 20.3 Å². The fraction of sp³-hybridized carbons (Fsp3) is 0.800. The lowest BCUT2D eigenvalue weighted by atomic mass is 9.64. The molecule has 1 aliphatic carbocycles. The van der Waals surface area contributed by atoms with E-state index in [1.165, 1.54) is 0 Å². The largest absolute Gasteiger partial charge is 0.480 e. The molecule has 13 heavy (non-hydrogen) atoms. The lowest BCUT2D eigenvalue weighted by Crippen LogP contribution is -2.38. The molecule has 0 saturated heterocycles. The predicted octanol–water partition coefficient (Wildman–Crippen LogP) is 2.18. The van der Waals surface area contributed by atoms with Crippen LogP contribution in [0, 0.1) is 22.2 Å². The fourth-order valence-electron chi connectivity index (χ4n) is 2.19. The van der Waals surface area contributed by atoms with Gasteiger partial charge in [-0.3, -0.25) is 4.79 Å². The van der Waals surface area contributed by atoms with Crippen molar-refractivity contribution in [2.24, 2.45) is 10.8 Å². The van der Waals surface area contributed by atoms with E-state index in [0.29, 0.717) is 12.8 Å². The van der Waals surface area contributed by atoms with Crippen molar-refractivity contribution >= 4 is 5.97 Å². The van der Waals surface area contributed by atoms with E-state index in [9.17, 15) is 4.79 Å². The summed E-state index contributed by atoms with van der Waals surface area (Å²) in [7, 11) is 0. The number of carboxylic acid groups (broad SMARTS) is 1. The van der Waals surface area contributed by atoms with Crippen LogP contribution in [0.5, 0.6) is 0 Å². The van der Waals surface area contributed by atoms with Crippen LogP contribution in [0.25, 0.3) is 0 Å². The van der Waals surface area contributed by atoms with Gasteiger partial charge in [0.25, 0.3) is 0 Å². The molecule has 0 heterocycles. The van der Waals surface area contributed by atoms with Crippen LogP contribution in [-0.4, -0.2) is 11.1 Å². The molecular weight excluding hydrogens is 166 g/mol. The predicted molar refractivity (Wildman–Crippen MR) is 47.9 cm³/mol. The van der Waals surface area contributed by atoms with Crippen LogP contribution in [0.15, 0.2) is 0 Å². The van der Waals surface area contributed by atoms with Gasteiger partial charge in [0.1, 0.15) is 0 Å². The van der Waals surface area contributed by atoms with Gasteiger partial charge < -0.3 is 5.11 Å². The van der Waals surface area contributed by atoms with Gasteiger partial charge in [0, 0.05) is 0 Å². The molecular formula is C10H15NO2. The second-order valence-corrected chi connectivity index (χ2v) is 4.69. The number of carboxylic acids is 1. The number of rotatable bonds is 1. The Balaban J connectivity index is 2.91. The standard InChI is InChI=1S/C10H15NO2/c1-9(2)4-3-5-10(6-9,7-11)8(12)13/h3-6H2,1-2H3,(H,12,13). The Bertz CT molecular complexity index is 265. The molecule has 0 bridgehead atoms. The average molecular weight is 181 g/mol. The smallest absolute Gasteiger partial charge is 0.324 e. The Morgan fingerprint density at radius 3 is 2.38 bits per heavy atom. The second-order valence-electron chi connectivity index (χ2n) is 4.69. The summed E-state index contributed by atoms with van der Waals surface area (Å²) in [5, 5.41) is 17.9. The molecule has 72 valence electrons. The number of nitrogens with zero attached hydrogens (tertiary/aromatic N) is 1. The first-order valence-electron chi connectivity index (χ1n) is 4.57. The van der Waals surface area contributed by atoms with Gasteiger partial charge in [-0.05, 0) is 24.7 Å². The third-order valence-corrected chi connectivity index (χ3v) is 2.86. The Morgan fingerprint density at radius 1 is 1.46 bits per heavy atom. The molecule has 1 aliphatic rings. The third kappa shape index (κ3) is 1.82. The van der Waals surface area contributed by atoms with Gasteiger partial charge in [0.2, 0.25) is 0 Å². The van der Waals surface area contributed by atoms with E-state index >= 15 is 0 Å². The first kappa shape index (κ1) is 10.0. The maximum atomic E-state index is 11.0. The molecule has 1 N–H and O–H groups in total. The van der Waals surface area contributed by atoms with E-state index in [0.717, 1.165) is 12.8 Å². The first-order chi connectivity index (χ1) is 5.92. The summed E-state index contributed by atoms with van der Waals surface area (Å²) in [5.41, 5.74) is -1.13. The molecule has 0 aromatic rings. The van der Waals surface area contributed by atoms with Crippen molar-refractivity contribution in [1.29, 1.82) is 5.26 Å². The summed E-state index contributed by atoms with van der Waals surface area (Å²) >= 11 is 0. The molecule has 1 atom stereocenters. The van der Waals surface area contributed by atoms with Crippen LogP contribution in [0.3, 0.4) is 0 Å². The number of hydrogen-bond donors (Lipinski definition) is 1. The molecule has 1 fully saturated rings. The highest BCUT2D eigenvalue weighted by Crippen LogP contribution is 2.45. The topological polar surface area (TPSA) is 61.1 Å². The maximum absolute atomic E-state index is 11.0. The zero-order valence-electron chi connectivity index (χ0n) is 8.13. The molecule has 3 nitrogen and oxygen atoms in total. The van der Waals surface area contributed by atoms with Gasteiger partial charge in [-0.25, -0.2) is 0 Å². The highest BCUT2D eigenvalue weighted by atomic mass is 16.4. The van der Waals surface area contributed by atoms with Crippen molar-refractivity contribution in [1.82, 2.24) is 0 Å². The summed E-state index contributed by atoms with van der Waals surface area (Å²) in [6, 6.07) is 1.97. The molecule has 0 aromatic carbocycles. The molecule has 1 rings (SSSR count). The van der Waals surface area contributed by atoms with Crippen molar-refractivity contribution in [2.45, 2.75) is 39.5 Å². The van der Waals surface area contributed by atoms with Crippen LogP contribution in [0.2, 0.25) is 0 Å². The Morgan fingerprint density at radius 2 is 2.08 bits per heavy atom. The quantitative estimate of drug-likeness (QED) is 0.674. The number of nitriles is 1. The van der Waals surface area contributed by atoms with E-state index in [4.69, 9.17) is 10.4 Å². The number of aliphatic carboxylic acids is 1. The van der Waals surface area contributed by atoms with E-state index < -0.39 is 11.4 Å². The van der Waals surface area contributed by atoms with Gasteiger partial charge in [0.05, 0.1) is 6.07 Å². The lowest BCUT2D eigenvalue weighted by Gasteiger charge is -2.37. The molecule has 0 aliphatic heterocycles. The van der Waals surface area contributed by atoms with E-state index in [1.807, 2.05) is 19.9 Å². The molecule has 3 heteroatoms. The van der Waals surface area contributed by atoms with Crippen LogP contribution in [-0.2, 0) is 4.79 Å². The monoisotopic (exact) mass is 181 g/mol. The zero-order chi connectivity index (χ0) is 10.1. The minimum atomic E-state index is -1.12. The van der Waals surface area contributed by atoms with Gasteiger partial charge >= 0.3 is 5.97 Å². The number of carbonyl (C=O) groups is 1. The van der Waals surface area contributed by atoms with E-state index in [2.05, 4.69) is 0 Å². The Kier molecular flexibility index (Phi) is 2.34. The second kappa shape index (κ2) is 3.02. The Labute approximate surface area is 78.4 Å². The van der Waals surface area contributed by atoms with Crippen molar-refractivity contribution < 1.29 is 9.90 Å². The zero-order valence-corrected chi connectivity index (χ0v) is 8.13. The number of hydrogen-bond acceptors (Lipinski definition) is 2. The molecule has 0 aromatic heterocycles. The van der Waals surface area contributed by atoms with Gasteiger partial charge in [-0.2, -0.15) is 5.26 Å². The molecule has 1 saturated carbocycles. The SMILES string of the molecule is CC1(C)CCCC(C#N)(C(=O)O)C1. The van der Waals surface area contributed by atoms with Crippen molar-refractivity contribution in [3.63, 3.8) is 0 Å². The van der Waals surface area contributed by atoms with Crippen molar-refractivity contribution in [2.75, 3.05) is 0 Å². The van der Waals surface area contributed by atoms with Crippen molar-refractivity contribution in [3.8, 4) is 6.07 Å². The van der Waals surface area contributed by atoms with Crippen LogP contribution in [0.4, 0.5) is 0 Å². The summed E-state index contributed by atoms with van der Waals surface area (Å²) in [5.74, 6) is -0.956. The molecule has 0 amide bonds. The summed E-state index contributed by atoms with van der Waals surface area (Å²) in [6.45, 7) is 4.06. The fourth-order valence-corrected chi connectivity index (χ4v) is 2.19. The molecule has 0 spiro atoms. The summed E-state index contributed by atoms with van der Waals surface area (Å²) in [6.07, 6.45) is 2.84. The molecule has 1 unspecified atom stereocenters. The highest BCUT2D eigenvalue weighted by molar-refractivity contribution is 5.78. The maximum Gasteiger partial charge on any atom is 0.324 e. The normalized spacial score (nSPS) is 32.1. The van der Waals surface area contributed by atoms with Gasteiger partial charge in [0.15, 0.2) is 5.41 Å². The van der Waals surface area contributed by atoms with Crippen LogP contribution in [0.1, 0.15) is 39.5 Å². The minimum Gasteiger partial charge on any atom is -0.480 e. The highest BCUT2D eigenvalue weighted by Gasteiger charge is 2.46. The third-order valence-electron chi connectivity index (χ3n) is 2.86. The lowest BCUT2D eigenvalue weighted by molar-refractivity contribution is -0.149. The average Bonchev–Trinajstić information content (AvgIpc) is 2.02. The minimum absolute atomic E-state index is 0.00757. The van der Waals surface area contributed by atoms with E-state index in [1.54, 1.807) is 0 Å². The van der Waals surface area contributed by atoms with Crippen LogP contribution >= 0.6 is 0 Å². The van der Waals surface area contributed by atoms with E-state index in [-0.39, 0.29) is 5.41 Å². The summed E-state index contributed by atoms with van der Waals surface area (Å²) in [4.78, 5) is 11.0. The Hall–Kier alpha value is -1.04. The van der Waals surface area contributed by atoms with Gasteiger partial charge in [-0.15, -0.1) is 0 Å². The van der Waals surface area contributed by atoms with Crippen LogP contribution < -0.4 is 0 Å². The first-order valence-corrected chi connectivity index (χ1v) is 4.57.